The van der Waals surface area contributed by atoms with Crippen LogP contribution in [0.1, 0.15) is 12.0 Å². The number of hydrogen-bond donors (Lipinski definition) is 1. The van der Waals surface area contributed by atoms with Crippen molar-refractivity contribution in [3.63, 3.8) is 0 Å². The molecule has 0 unspecified atom stereocenters. The number of ether oxygens (including phenoxy) is 1. The molecule has 1 aromatic heterocycles. The van der Waals surface area contributed by atoms with Crippen molar-refractivity contribution in [1.29, 1.82) is 0 Å². The van der Waals surface area contributed by atoms with Gasteiger partial charge in [-0.3, -0.25) is 9.59 Å². The molecule has 1 aliphatic heterocycles. The Labute approximate surface area is 146 Å². The summed E-state index contributed by atoms with van der Waals surface area (Å²) in [6.45, 7) is 1.87. The molecule has 2 heterocycles. The molecule has 3 rings (SSSR count). The number of amides is 2. The highest BCUT2D eigenvalue weighted by Crippen LogP contribution is 2.18. The maximum absolute atomic E-state index is 12.3. The van der Waals surface area contributed by atoms with Crippen LogP contribution >= 0.6 is 0 Å². The van der Waals surface area contributed by atoms with Gasteiger partial charge < -0.3 is 15.0 Å². The van der Waals surface area contributed by atoms with Crippen molar-refractivity contribution in [2.75, 3.05) is 26.8 Å². The largest absolute Gasteiger partial charge is 0.383 e. The van der Waals surface area contributed by atoms with Crippen LogP contribution in [0.15, 0.2) is 42.7 Å². The first-order chi connectivity index (χ1) is 12.2. The van der Waals surface area contributed by atoms with Gasteiger partial charge in [0.1, 0.15) is 0 Å². The first-order valence-electron chi connectivity index (χ1n) is 8.31. The average Bonchev–Trinajstić information content (AvgIpc) is 3.25. The summed E-state index contributed by atoms with van der Waals surface area (Å²) in [5.41, 5.74) is 1.88. The molecule has 0 bridgehead atoms. The third-order valence-electron chi connectivity index (χ3n) is 4.27. The van der Waals surface area contributed by atoms with Gasteiger partial charge >= 0.3 is 0 Å². The molecule has 1 saturated heterocycles. The highest BCUT2D eigenvalue weighted by Gasteiger charge is 2.33. The number of para-hydroxylation sites is 1. The second-order valence-electron chi connectivity index (χ2n) is 6.08. The van der Waals surface area contributed by atoms with Crippen LogP contribution in [0, 0.1) is 5.92 Å². The maximum atomic E-state index is 12.3. The minimum absolute atomic E-state index is 0.00842. The van der Waals surface area contributed by atoms with Crippen molar-refractivity contribution in [2.24, 2.45) is 5.92 Å². The summed E-state index contributed by atoms with van der Waals surface area (Å²) in [5, 5.41) is 7.21. The van der Waals surface area contributed by atoms with Gasteiger partial charge in [0.05, 0.1) is 24.4 Å². The summed E-state index contributed by atoms with van der Waals surface area (Å²) in [6, 6.07) is 9.78. The SMILES string of the molecule is COCCN1C[C@H](C(=O)NCc2cnn(-c3ccccc3)c2)CC1=O. The van der Waals surface area contributed by atoms with Gasteiger partial charge in [-0.05, 0) is 12.1 Å². The van der Waals surface area contributed by atoms with E-state index in [9.17, 15) is 9.59 Å². The van der Waals surface area contributed by atoms with E-state index in [1.807, 2.05) is 36.5 Å². The van der Waals surface area contributed by atoms with Crippen molar-refractivity contribution in [2.45, 2.75) is 13.0 Å². The van der Waals surface area contributed by atoms with E-state index in [-0.39, 0.29) is 24.2 Å². The number of carbonyl (C=O) groups excluding carboxylic acids is 2. The van der Waals surface area contributed by atoms with E-state index in [0.29, 0.717) is 26.2 Å². The summed E-state index contributed by atoms with van der Waals surface area (Å²) in [6.07, 6.45) is 3.89. The molecular weight excluding hydrogens is 320 g/mol. The fourth-order valence-corrected chi connectivity index (χ4v) is 2.87. The average molecular weight is 342 g/mol. The Morgan fingerprint density at radius 2 is 2.16 bits per heavy atom. The van der Waals surface area contributed by atoms with Crippen molar-refractivity contribution < 1.29 is 14.3 Å². The molecule has 7 nitrogen and oxygen atoms in total. The molecule has 1 fully saturated rings. The van der Waals surface area contributed by atoms with Crippen LogP contribution in [0.3, 0.4) is 0 Å². The van der Waals surface area contributed by atoms with Crippen LogP contribution in [-0.2, 0) is 20.9 Å². The van der Waals surface area contributed by atoms with E-state index in [2.05, 4.69) is 10.4 Å². The molecule has 1 N–H and O–H groups in total. The van der Waals surface area contributed by atoms with Gasteiger partial charge in [-0.2, -0.15) is 5.10 Å². The molecule has 1 aromatic carbocycles. The van der Waals surface area contributed by atoms with Crippen molar-refractivity contribution >= 4 is 11.8 Å². The lowest BCUT2D eigenvalue weighted by Crippen LogP contribution is -2.33. The molecule has 0 spiro atoms. The minimum atomic E-state index is -0.298. The Morgan fingerprint density at radius 1 is 1.36 bits per heavy atom. The summed E-state index contributed by atoms with van der Waals surface area (Å²) in [5.74, 6) is -0.386. The Bertz CT molecular complexity index is 729. The zero-order valence-electron chi connectivity index (χ0n) is 14.2. The molecule has 1 aliphatic rings. The zero-order valence-corrected chi connectivity index (χ0v) is 14.2. The third kappa shape index (κ3) is 4.24. The number of rotatable bonds is 7. The first-order valence-corrected chi connectivity index (χ1v) is 8.31. The maximum Gasteiger partial charge on any atom is 0.225 e. The molecular formula is C18H22N4O3. The third-order valence-corrected chi connectivity index (χ3v) is 4.27. The van der Waals surface area contributed by atoms with Gasteiger partial charge in [-0.1, -0.05) is 18.2 Å². The highest BCUT2D eigenvalue weighted by molar-refractivity contribution is 5.89. The number of benzene rings is 1. The van der Waals surface area contributed by atoms with Crippen LogP contribution in [-0.4, -0.2) is 53.3 Å². The normalized spacial score (nSPS) is 17.1. The van der Waals surface area contributed by atoms with Gasteiger partial charge in [0.25, 0.3) is 0 Å². The van der Waals surface area contributed by atoms with Crippen molar-refractivity contribution in [3.8, 4) is 5.69 Å². The summed E-state index contributed by atoms with van der Waals surface area (Å²) >= 11 is 0. The molecule has 132 valence electrons. The monoisotopic (exact) mass is 342 g/mol. The number of carbonyl (C=O) groups is 2. The molecule has 0 saturated carbocycles. The lowest BCUT2D eigenvalue weighted by atomic mass is 10.1. The Kier molecular flexibility index (Phi) is 5.45. The van der Waals surface area contributed by atoms with E-state index in [4.69, 9.17) is 4.74 Å². The van der Waals surface area contributed by atoms with E-state index in [0.717, 1.165) is 11.3 Å². The van der Waals surface area contributed by atoms with Crippen LogP contribution in [0.4, 0.5) is 0 Å². The Hall–Kier alpha value is -2.67. The smallest absolute Gasteiger partial charge is 0.225 e. The van der Waals surface area contributed by atoms with Gasteiger partial charge in [0, 0.05) is 44.9 Å². The second kappa shape index (κ2) is 7.94. The van der Waals surface area contributed by atoms with E-state index < -0.39 is 0 Å². The Balaban J connectivity index is 1.51. The van der Waals surface area contributed by atoms with Gasteiger partial charge in [-0.15, -0.1) is 0 Å². The number of likely N-dealkylation sites (tertiary alicyclic amines) is 1. The van der Waals surface area contributed by atoms with Gasteiger partial charge in [0.15, 0.2) is 0 Å². The summed E-state index contributed by atoms with van der Waals surface area (Å²) in [7, 11) is 1.60. The molecule has 2 aromatic rings. The van der Waals surface area contributed by atoms with Crippen molar-refractivity contribution in [1.82, 2.24) is 20.0 Å². The lowest BCUT2D eigenvalue weighted by molar-refractivity contribution is -0.129. The minimum Gasteiger partial charge on any atom is -0.383 e. The highest BCUT2D eigenvalue weighted by atomic mass is 16.5. The van der Waals surface area contributed by atoms with Gasteiger partial charge in [0.2, 0.25) is 11.8 Å². The Morgan fingerprint density at radius 3 is 2.92 bits per heavy atom. The predicted molar refractivity (Wildman–Crippen MR) is 92.0 cm³/mol. The number of hydrogen-bond acceptors (Lipinski definition) is 4. The molecule has 7 heteroatoms. The molecule has 2 amide bonds. The molecule has 0 radical (unpaired) electrons. The predicted octanol–water partition coefficient (Wildman–Crippen LogP) is 0.983. The summed E-state index contributed by atoms with van der Waals surface area (Å²) < 4.78 is 6.76. The molecule has 1 atom stereocenters. The number of nitrogens with one attached hydrogen (secondary N) is 1. The van der Waals surface area contributed by atoms with Crippen LogP contribution < -0.4 is 5.32 Å². The van der Waals surface area contributed by atoms with Crippen LogP contribution in [0.2, 0.25) is 0 Å². The fraction of sp³-hybridized carbons (Fsp3) is 0.389. The first kappa shape index (κ1) is 17.2. The van der Waals surface area contributed by atoms with Gasteiger partial charge in [-0.25, -0.2) is 4.68 Å². The quantitative estimate of drug-likeness (QED) is 0.814. The van der Waals surface area contributed by atoms with Crippen molar-refractivity contribution in [3.05, 3.63) is 48.3 Å². The summed E-state index contributed by atoms with van der Waals surface area (Å²) in [4.78, 5) is 25.9. The second-order valence-corrected chi connectivity index (χ2v) is 6.08. The van der Waals surface area contributed by atoms with Crippen LogP contribution in [0.5, 0.6) is 0 Å². The van der Waals surface area contributed by atoms with E-state index in [1.165, 1.54) is 0 Å². The standard InChI is InChI=1S/C18H22N4O3/c1-25-8-7-21-13-15(9-17(21)23)18(24)19-10-14-11-20-22(12-14)16-5-3-2-4-6-16/h2-6,11-12,15H,7-10,13H2,1H3,(H,19,24)/t15-/m1/s1. The number of methoxy groups -OCH3 is 1. The fourth-order valence-electron chi connectivity index (χ4n) is 2.87. The topological polar surface area (TPSA) is 76.5 Å². The number of nitrogens with zero attached hydrogens (tertiary/aromatic N) is 3. The van der Waals surface area contributed by atoms with Crippen LogP contribution in [0.25, 0.3) is 5.69 Å². The molecule has 0 aliphatic carbocycles. The number of aromatic nitrogens is 2. The zero-order chi connectivity index (χ0) is 17.6. The van der Waals surface area contributed by atoms with E-state index in [1.54, 1.807) is 22.9 Å². The van der Waals surface area contributed by atoms with E-state index >= 15 is 0 Å². The lowest BCUT2D eigenvalue weighted by Gasteiger charge is -2.15. The molecule has 25 heavy (non-hydrogen) atoms.